The molecule has 0 aliphatic carbocycles. The van der Waals surface area contributed by atoms with Gasteiger partial charge in [-0.25, -0.2) is 4.99 Å². The van der Waals surface area contributed by atoms with E-state index in [0.29, 0.717) is 11.3 Å². The number of nitrogens with one attached hydrogen (secondary N) is 2. The van der Waals surface area contributed by atoms with E-state index in [1.165, 1.54) is 0 Å². The molecular weight excluding hydrogens is 399 g/mol. The molecule has 2 unspecified atom stereocenters. The molecule has 0 heterocycles. The van der Waals surface area contributed by atoms with Gasteiger partial charge in [-0.15, -0.1) is 0 Å². The first-order chi connectivity index (χ1) is 14.2. The van der Waals surface area contributed by atoms with Crippen LogP contribution >= 0.6 is 0 Å². The molecule has 2 rings (SSSR count). The summed E-state index contributed by atoms with van der Waals surface area (Å²) in [5, 5.41) is 5.15. The highest BCUT2D eigenvalue weighted by molar-refractivity contribution is 6.05. The van der Waals surface area contributed by atoms with Crippen molar-refractivity contribution in [2.24, 2.45) is 16.5 Å². The van der Waals surface area contributed by atoms with Crippen LogP contribution in [-0.2, 0) is 6.54 Å². The number of hydrogen-bond donors (Lipinski definition) is 4. The Hall–Kier alpha value is -3.11. The van der Waals surface area contributed by atoms with E-state index in [1.54, 1.807) is 61.7 Å². The minimum atomic E-state index is -4.58. The van der Waals surface area contributed by atoms with Gasteiger partial charge < -0.3 is 21.5 Å². The van der Waals surface area contributed by atoms with Crippen LogP contribution in [0, 0.1) is 0 Å². The normalized spacial score (nSPS) is 14.0. The number of hydrogen-bond acceptors (Lipinski definition) is 5. The van der Waals surface area contributed by atoms with Gasteiger partial charge in [0.2, 0.25) is 0 Å². The molecule has 162 valence electrons. The van der Waals surface area contributed by atoms with Crippen molar-refractivity contribution in [1.29, 1.82) is 0 Å². The minimum absolute atomic E-state index is 0.0541. The van der Waals surface area contributed by atoms with E-state index in [-0.39, 0.29) is 12.5 Å². The molecule has 0 aromatic heterocycles. The summed E-state index contributed by atoms with van der Waals surface area (Å²) in [5.41, 5.74) is 12.0. The number of rotatable bonds is 7. The third-order valence-corrected chi connectivity index (χ3v) is 4.10. The van der Waals surface area contributed by atoms with Gasteiger partial charge in [0.15, 0.2) is 5.96 Å². The molecular formula is C20H24F3N5O2. The summed E-state index contributed by atoms with van der Waals surface area (Å²) in [6.07, 6.45) is -6.34. The lowest BCUT2D eigenvalue weighted by atomic mass is 10.2. The van der Waals surface area contributed by atoms with Crippen molar-refractivity contribution in [2.75, 3.05) is 7.11 Å². The molecule has 7 nitrogen and oxygen atoms in total. The first-order valence-corrected chi connectivity index (χ1v) is 9.07. The van der Waals surface area contributed by atoms with Crippen molar-refractivity contribution in [2.45, 2.75) is 31.3 Å². The van der Waals surface area contributed by atoms with E-state index >= 15 is 0 Å². The molecule has 1 amide bonds. The maximum atomic E-state index is 12.7. The standard InChI is InChI=1S/C20H24F3N5O2/c1-30-15-9-7-13(8-10-15)12-26-19(27-17(25)11-16(24)20(21,22)23)28-18(29)14-5-3-2-4-6-14/h2-10,16-17H,11-12,24-25H2,1H3,(H2,26,27,28,29). The largest absolute Gasteiger partial charge is 0.497 e. The molecule has 2 atom stereocenters. The zero-order valence-corrected chi connectivity index (χ0v) is 16.3. The van der Waals surface area contributed by atoms with Crippen LogP contribution in [-0.4, -0.2) is 37.4 Å². The molecule has 2 aromatic rings. The predicted octanol–water partition coefficient (Wildman–Crippen LogP) is 2.14. The molecule has 2 aromatic carbocycles. The maximum Gasteiger partial charge on any atom is 0.403 e. The number of ether oxygens (including phenoxy) is 1. The third kappa shape index (κ3) is 7.37. The zero-order chi connectivity index (χ0) is 22.1. The fourth-order valence-electron chi connectivity index (χ4n) is 2.43. The summed E-state index contributed by atoms with van der Waals surface area (Å²) in [6.45, 7) is 0.152. The summed E-state index contributed by atoms with van der Waals surface area (Å²) in [7, 11) is 1.54. The van der Waals surface area contributed by atoms with Crippen LogP contribution in [0.15, 0.2) is 59.6 Å². The van der Waals surface area contributed by atoms with Crippen molar-refractivity contribution < 1.29 is 22.7 Å². The van der Waals surface area contributed by atoms with Gasteiger partial charge in [-0.2, -0.15) is 13.2 Å². The number of guanidine groups is 1. The van der Waals surface area contributed by atoms with Crippen molar-refractivity contribution in [3.63, 3.8) is 0 Å². The van der Waals surface area contributed by atoms with Gasteiger partial charge in [-0.05, 0) is 29.8 Å². The number of nitrogens with zero attached hydrogens (tertiary/aromatic N) is 1. The molecule has 10 heteroatoms. The van der Waals surface area contributed by atoms with Gasteiger partial charge in [-0.1, -0.05) is 30.3 Å². The van der Waals surface area contributed by atoms with Crippen LogP contribution in [0.25, 0.3) is 0 Å². The van der Waals surface area contributed by atoms with E-state index in [4.69, 9.17) is 16.2 Å². The highest BCUT2D eigenvalue weighted by Crippen LogP contribution is 2.20. The van der Waals surface area contributed by atoms with E-state index in [1.807, 2.05) is 0 Å². The Kier molecular flexibility index (Phi) is 8.19. The molecule has 30 heavy (non-hydrogen) atoms. The van der Waals surface area contributed by atoms with Gasteiger partial charge in [-0.3, -0.25) is 10.1 Å². The summed E-state index contributed by atoms with van der Waals surface area (Å²) in [4.78, 5) is 16.7. The second-order valence-corrected chi connectivity index (χ2v) is 6.47. The van der Waals surface area contributed by atoms with Gasteiger partial charge in [0, 0.05) is 12.0 Å². The monoisotopic (exact) mass is 423 g/mol. The Balaban J connectivity index is 2.12. The predicted molar refractivity (Wildman–Crippen MR) is 108 cm³/mol. The smallest absolute Gasteiger partial charge is 0.403 e. The topological polar surface area (TPSA) is 115 Å². The molecule has 0 saturated heterocycles. The lowest BCUT2D eigenvalue weighted by molar-refractivity contribution is -0.149. The summed E-state index contributed by atoms with van der Waals surface area (Å²) >= 11 is 0. The second kappa shape index (κ2) is 10.6. The van der Waals surface area contributed by atoms with Gasteiger partial charge in [0.1, 0.15) is 11.8 Å². The molecule has 0 saturated carbocycles. The lowest BCUT2D eigenvalue weighted by Crippen LogP contribution is -2.53. The Morgan fingerprint density at radius 3 is 2.30 bits per heavy atom. The number of alkyl halides is 3. The summed E-state index contributed by atoms with van der Waals surface area (Å²) < 4.78 is 43.2. The van der Waals surface area contributed by atoms with E-state index in [2.05, 4.69) is 15.6 Å². The van der Waals surface area contributed by atoms with Crippen molar-refractivity contribution in [3.05, 3.63) is 65.7 Å². The lowest BCUT2D eigenvalue weighted by Gasteiger charge is -2.22. The number of halogens is 3. The fraction of sp³-hybridized carbons (Fsp3) is 0.300. The van der Waals surface area contributed by atoms with E-state index in [0.717, 1.165) is 5.56 Å². The molecule has 0 fully saturated rings. The first-order valence-electron chi connectivity index (χ1n) is 9.07. The van der Waals surface area contributed by atoms with Crippen LogP contribution in [0.3, 0.4) is 0 Å². The third-order valence-electron chi connectivity index (χ3n) is 4.10. The highest BCUT2D eigenvalue weighted by Gasteiger charge is 2.37. The average Bonchev–Trinajstić information content (AvgIpc) is 2.72. The number of methoxy groups -OCH3 is 1. The number of benzene rings is 2. The molecule has 0 bridgehead atoms. The summed E-state index contributed by atoms with van der Waals surface area (Å²) in [5.74, 6) is 0.132. The number of amides is 1. The van der Waals surface area contributed by atoms with Gasteiger partial charge >= 0.3 is 6.18 Å². The number of carbonyl (C=O) groups is 1. The van der Waals surface area contributed by atoms with Crippen LogP contribution in [0.5, 0.6) is 5.75 Å². The van der Waals surface area contributed by atoms with Gasteiger partial charge in [0.05, 0.1) is 19.8 Å². The Bertz CT molecular complexity index is 842. The SMILES string of the molecule is COc1ccc(CN=C(NC(=O)c2ccccc2)NC(N)CC(N)C(F)(F)F)cc1. The Labute approximate surface area is 172 Å². The quantitative estimate of drug-likeness (QED) is 0.309. The number of nitrogens with two attached hydrogens (primary N) is 2. The number of carbonyl (C=O) groups excluding carboxylic acids is 1. The highest BCUT2D eigenvalue weighted by atomic mass is 19.4. The maximum absolute atomic E-state index is 12.7. The van der Waals surface area contributed by atoms with Crippen LogP contribution in [0.2, 0.25) is 0 Å². The van der Waals surface area contributed by atoms with Crippen LogP contribution in [0.1, 0.15) is 22.3 Å². The van der Waals surface area contributed by atoms with E-state index in [9.17, 15) is 18.0 Å². The second-order valence-electron chi connectivity index (χ2n) is 6.47. The van der Waals surface area contributed by atoms with Crippen LogP contribution < -0.4 is 26.8 Å². The van der Waals surface area contributed by atoms with Crippen LogP contribution in [0.4, 0.5) is 13.2 Å². The zero-order valence-electron chi connectivity index (χ0n) is 16.3. The summed E-state index contributed by atoms with van der Waals surface area (Å²) in [6, 6.07) is 13.2. The first kappa shape index (κ1) is 23.2. The van der Waals surface area contributed by atoms with Gasteiger partial charge in [0.25, 0.3) is 5.91 Å². The molecule has 0 radical (unpaired) electrons. The molecule has 0 aliphatic heterocycles. The molecule has 6 N–H and O–H groups in total. The van der Waals surface area contributed by atoms with E-state index < -0.39 is 30.7 Å². The van der Waals surface area contributed by atoms with Crippen molar-refractivity contribution in [1.82, 2.24) is 10.6 Å². The minimum Gasteiger partial charge on any atom is -0.497 e. The molecule has 0 spiro atoms. The molecule has 0 aliphatic rings. The fourth-order valence-corrected chi connectivity index (χ4v) is 2.43. The van der Waals surface area contributed by atoms with Crippen molar-refractivity contribution in [3.8, 4) is 5.75 Å². The average molecular weight is 423 g/mol. The Morgan fingerprint density at radius 2 is 1.73 bits per heavy atom. The Morgan fingerprint density at radius 1 is 1.10 bits per heavy atom. The number of aliphatic imine (C=N–C) groups is 1. The van der Waals surface area contributed by atoms with Crippen molar-refractivity contribution >= 4 is 11.9 Å².